The van der Waals surface area contributed by atoms with E-state index in [1.165, 1.54) is 22.4 Å². The van der Waals surface area contributed by atoms with Crippen LogP contribution in [0.2, 0.25) is 0 Å². The summed E-state index contributed by atoms with van der Waals surface area (Å²) in [5.74, 6) is 0. The Labute approximate surface area is 120 Å². The van der Waals surface area contributed by atoms with Gasteiger partial charge in [-0.2, -0.15) is 0 Å². The number of hydrogen-bond acceptors (Lipinski definition) is 2. The second kappa shape index (κ2) is 4.35. The molecule has 0 aromatic heterocycles. The second-order valence-electron chi connectivity index (χ2n) is 6.06. The van der Waals surface area contributed by atoms with E-state index in [4.69, 9.17) is 0 Å². The third-order valence-corrected chi connectivity index (χ3v) is 4.92. The molecule has 2 heteroatoms. The van der Waals surface area contributed by atoms with Crippen molar-refractivity contribution in [3.63, 3.8) is 0 Å². The van der Waals surface area contributed by atoms with E-state index in [-0.39, 0.29) is 0 Å². The van der Waals surface area contributed by atoms with Gasteiger partial charge in [0.2, 0.25) is 0 Å². The lowest BCUT2D eigenvalue weighted by molar-refractivity contribution is 0.317. The summed E-state index contributed by atoms with van der Waals surface area (Å²) in [5, 5.41) is 0. The van der Waals surface area contributed by atoms with E-state index in [0.717, 1.165) is 13.1 Å². The zero-order valence-electron chi connectivity index (χ0n) is 12.1. The molecule has 0 N–H and O–H groups in total. The summed E-state index contributed by atoms with van der Waals surface area (Å²) >= 11 is 0. The largest absolute Gasteiger partial charge is 0.350 e. The standard InChI is InChI=1S/C18H20N2/c1-13-18-16-9-5-3-7-14(16)11-15-8-4-6-10-17(15)20(18)12-19(13)2/h3-10,13,18H,11-12H2,1-2H3/t13-,18-/m1/s1. The molecule has 102 valence electrons. The van der Waals surface area contributed by atoms with Crippen molar-refractivity contribution < 1.29 is 0 Å². The molecule has 0 saturated carbocycles. The zero-order valence-corrected chi connectivity index (χ0v) is 12.1. The quantitative estimate of drug-likeness (QED) is 0.719. The first-order valence-electron chi connectivity index (χ1n) is 7.38. The van der Waals surface area contributed by atoms with Crippen LogP contribution < -0.4 is 4.90 Å². The Morgan fingerprint density at radius 1 is 0.950 bits per heavy atom. The predicted molar refractivity (Wildman–Crippen MR) is 83.0 cm³/mol. The van der Waals surface area contributed by atoms with Crippen LogP contribution in [0.25, 0.3) is 0 Å². The third kappa shape index (κ3) is 1.61. The molecule has 4 rings (SSSR count). The molecular weight excluding hydrogens is 244 g/mol. The average Bonchev–Trinajstić information content (AvgIpc) is 2.68. The molecule has 1 saturated heterocycles. The van der Waals surface area contributed by atoms with Gasteiger partial charge in [-0.05, 0) is 43.1 Å². The number of hydrogen-bond donors (Lipinski definition) is 0. The molecule has 2 nitrogen and oxygen atoms in total. The van der Waals surface area contributed by atoms with Crippen LogP contribution in [0.3, 0.4) is 0 Å². The topological polar surface area (TPSA) is 6.48 Å². The molecule has 2 atom stereocenters. The Morgan fingerprint density at radius 2 is 1.65 bits per heavy atom. The maximum absolute atomic E-state index is 2.58. The van der Waals surface area contributed by atoms with Gasteiger partial charge in [0, 0.05) is 11.7 Å². The molecule has 1 fully saturated rings. The molecule has 0 amide bonds. The summed E-state index contributed by atoms with van der Waals surface area (Å²) in [6.45, 7) is 3.35. The first-order valence-corrected chi connectivity index (χ1v) is 7.38. The molecule has 0 radical (unpaired) electrons. The van der Waals surface area contributed by atoms with Crippen LogP contribution >= 0.6 is 0 Å². The highest BCUT2D eigenvalue weighted by atomic mass is 15.4. The third-order valence-electron chi connectivity index (χ3n) is 4.92. The van der Waals surface area contributed by atoms with Gasteiger partial charge in [0.1, 0.15) is 0 Å². The normalized spacial score (nSPS) is 24.8. The lowest BCUT2D eigenvalue weighted by Gasteiger charge is -2.28. The summed E-state index contributed by atoms with van der Waals surface area (Å²) in [6.07, 6.45) is 1.05. The summed E-state index contributed by atoms with van der Waals surface area (Å²) in [7, 11) is 2.23. The number of nitrogens with zero attached hydrogens (tertiary/aromatic N) is 2. The molecule has 0 bridgehead atoms. The van der Waals surface area contributed by atoms with Crippen LogP contribution in [0.5, 0.6) is 0 Å². The Bertz CT molecular complexity index is 649. The fourth-order valence-electron chi connectivity index (χ4n) is 3.74. The van der Waals surface area contributed by atoms with Gasteiger partial charge in [0.25, 0.3) is 0 Å². The van der Waals surface area contributed by atoms with Crippen molar-refractivity contribution in [3.8, 4) is 0 Å². The molecular formula is C18H20N2. The van der Waals surface area contributed by atoms with Gasteiger partial charge in [-0.3, -0.25) is 4.90 Å². The highest BCUT2D eigenvalue weighted by Gasteiger charge is 2.39. The lowest BCUT2D eigenvalue weighted by atomic mass is 9.94. The van der Waals surface area contributed by atoms with Crippen molar-refractivity contribution >= 4 is 5.69 Å². The fraction of sp³-hybridized carbons (Fsp3) is 0.333. The molecule has 2 aromatic carbocycles. The van der Waals surface area contributed by atoms with Crippen LogP contribution in [0.1, 0.15) is 29.7 Å². The van der Waals surface area contributed by atoms with Crippen molar-refractivity contribution in [2.75, 3.05) is 18.6 Å². The van der Waals surface area contributed by atoms with Crippen molar-refractivity contribution in [2.24, 2.45) is 0 Å². The average molecular weight is 264 g/mol. The van der Waals surface area contributed by atoms with Gasteiger partial charge in [-0.1, -0.05) is 42.5 Å². The molecule has 2 heterocycles. The number of para-hydroxylation sites is 1. The van der Waals surface area contributed by atoms with Crippen LogP contribution in [0, 0.1) is 0 Å². The van der Waals surface area contributed by atoms with Gasteiger partial charge >= 0.3 is 0 Å². The Morgan fingerprint density at radius 3 is 2.50 bits per heavy atom. The number of fused-ring (bicyclic) bond motifs is 5. The van der Waals surface area contributed by atoms with E-state index in [9.17, 15) is 0 Å². The summed E-state index contributed by atoms with van der Waals surface area (Å²) in [5.41, 5.74) is 5.84. The Kier molecular flexibility index (Phi) is 2.61. The molecule has 0 spiro atoms. The van der Waals surface area contributed by atoms with E-state index >= 15 is 0 Å². The Hall–Kier alpha value is -1.80. The summed E-state index contributed by atoms with van der Waals surface area (Å²) in [4.78, 5) is 5.02. The van der Waals surface area contributed by atoms with Crippen LogP contribution in [-0.2, 0) is 6.42 Å². The highest BCUT2D eigenvalue weighted by molar-refractivity contribution is 5.61. The van der Waals surface area contributed by atoms with Crippen LogP contribution in [0.15, 0.2) is 48.5 Å². The van der Waals surface area contributed by atoms with Crippen LogP contribution in [-0.4, -0.2) is 24.7 Å². The first kappa shape index (κ1) is 12.0. The molecule has 2 aliphatic rings. The van der Waals surface area contributed by atoms with Crippen molar-refractivity contribution in [1.29, 1.82) is 0 Å². The van der Waals surface area contributed by atoms with E-state index in [1.54, 1.807) is 0 Å². The SMILES string of the molecule is C[C@@H]1[C@@H]2c3ccccc3Cc3ccccc3N2CN1C. The van der Waals surface area contributed by atoms with E-state index < -0.39 is 0 Å². The zero-order chi connectivity index (χ0) is 13.7. The van der Waals surface area contributed by atoms with Gasteiger partial charge in [-0.25, -0.2) is 0 Å². The monoisotopic (exact) mass is 264 g/mol. The fourth-order valence-corrected chi connectivity index (χ4v) is 3.74. The van der Waals surface area contributed by atoms with Crippen LogP contribution in [0.4, 0.5) is 5.69 Å². The number of benzene rings is 2. The lowest BCUT2D eigenvalue weighted by Crippen LogP contribution is -2.26. The summed E-state index contributed by atoms with van der Waals surface area (Å²) in [6, 6.07) is 18.8. The van der Waals surface area contributed by atoms with E-state index in [0.29, 0.717) is 12.1 Å². The number of anilines is 1. The molecule has 2 aromatic rings. The molecule has 2 aliphatic heterocycles. The number of likely N-dealkylation sites (N-methyl/N-ethyl adjacent to an activating group) is 1. The smallest absolute Gasteiger partial charge is 0.0715 e. The van der Waals surface area contributed by atoms with Gasteiger partial charge in [0.05, 0.1) is 12.7 Å². The predicted octanol–water partition coefficient (Wildman–Crippen LogP) is 3.43. The molecule has 20 heavy (non-hydrogen) atoms. The van der Waals surface area contributed by atoms with E-state index in [1.807, 2.05) is 0 Å². The van der Waals surface area contributed by atoms with Gasteiger partial charge in [0.15, 0.2) is 0 Å². The van der Waals surface area contributed by atoms with Crippen molar-refractivity contribution in [3.05, 3.63) is 65.2 Å². The molecule has 0 aliphatic carbocycles. The minimum Gasteiger partial charge on any atom is -0.350 e. The highest BCUT2D eigenvalue weighted by Crippen LogP contribution is 2.43. The minimum atomic E-state index is 0.472. The second-order valence-corrected chi connectivity index (χ2v) is 6.06. The van der Waals surface area contributed by atoms with E-state index in [2.05, 4.69) is 72.3 Å². The van der Waals surface area contributed by atoms with Crippen molar-refractivity contribution in [1.82, 2.24) is 4.90 Å². The van der Waals surface area contributed by atoms with Crippen molar-refractivity contribution in [2.45, 2.75) is 25.4 Å². The van der Waals surface area contributed by atoms with Gasteiger partial charge in [-0.15, -0.1) is 0 Å². The summed E-state index contributed by atoms with van der Waals surface area (Å²) < 4.78 is 0. The number of rotatable bonds is 0. The first-order chi connectivity index (χ1) is 9.75. The maximum atomic E-state index is 2.58. The van der Waals surface area contributed by atoms with Gasteiger partial charge < -0.3 is 4.90 Å². The minimum absolute atomic E-state index is 0.472. The molecule has 0 unspecified atom stereocenters. The maximum Gasteiger partial charge on any atom is 0.0715 e. The Balaban J connectivity index is 1.96.